The zero-order valence-electron chi connectivity index (χ0n) is 34.3. The number of pyridine rings is 1. The number of rotatable bonds is 11. The molecule has 3 aromatic rings. The summed E-state index contributed by atoms with van der Waals surface area (Å²) in [4.78, 5) is 78.4. The minimum atomic E-state index is -4.62. The number of nitrogens with zero attached hydrogens (tertiary/aromatic N) is 6. The van der Waals surface area contributed by atoms with Crippen molar-refractivity contribution in [2.24, 2.45) is 17.8 Å². The monoisotopic (exact) mass is 854 g/mol. The number of piperidine rings is 4. The van der Waals surface area contributed by atoms with Crippen LogP contribution in [0.2, 0.25) is 0 Å². The van der Waals surface area contributed by atoms with Crippen molar-refractivity contribution in [2.75, 3.05) is 67.5 Å². The van der Waals surface area contributed by atoms with Crippen molar-refractivity contribution >= 4 is 52.4 Å². The standard InChI is InChI=1S/C45H49F3N8O6/c1-49-37-6-3-32(25-36(37)45(46,47)48)55-21-14-30(15-22-55)41(58)51-39-8-4-33(26-50-39)62-23-16-28-10-17-53(18-11-28)27-29-12-19-54(20-13-29)31-2-5-34-35(24-31)44(61)56(43(34)60)38-7-9-40(57)52-42(38)59/h2-6,8,24-26,28-30,38H,7,9-23,27H2,(H,50,51,58)(H,52,57,59). The number of alkyl halides is 3. The van der Waals surface area contributed by atoms with E-state index >= 15 is 0 Å². The summed E-state index contributed by atoms with van der Waals surface area (Å²) in [6.07, 6.45) is 3.32. The van der Waals surface area contributed by atoms with Crippen molar-refractivity contribution in [1.82, 2.24) is 20.1 Å². The molecule has 17 heteroatoms. The molecule has 1 aromatic heterocycles. The van der Waals surface area contributed by atoms with Crippen LogP contribution in [0.4, 0.5) is 36.1 Å². The molecule has 8 rings (SSSR count). The number of nitrogens with one attached hydrogen (secondary N) is 2. The molecule has 326 valence electrons. The fraction of sp³-hybridized carbons (Fsp3) is 0.489. The molecular formula is C45H49F3N8O6. The van der Waals surface area contributed by atoms with Crippen LogP contribution in [-0.2, 0) is 20.6 Å². The highest BCUT2D eigenvalue weighted by Crippen LogP contribution is 2.40. The summed E-state index contributed by atoms with van der Waals surface area (Å²) < 4.78 is 46.4. The lowest BCUT2D eigenvalue weighted by Crippen LogP contribution is -2.54. The number of imide groups is 2. The first-order chi connectivity index (χ1) is 29.8. The molecule has 1 atom stereocenters. The molecule has 0 radical (unpaired) electrons. The summed E-state index contributed by atoms with van der Waals surface area (Å²) in [6.45, 7) is 13.3. The van der Waals surface area contributed by atoms with Gasteiger partial charge in [-0.25, -0.2) is 9.83 Å². The van der Waals surface area contributed by atoms with Gasteiger partial charge in [-0.2, -0.15) is 13.2 Å². The molecule has 4 saturated heterocycles. The van der Waals surface area contributed by atoms with Crippen molar-refractivity contribution in [3.8, 4) is 5.75 Å². The predicted molar refractivity (Wildman–Crippen MR) is 223 cm³/mol. The Morgan fingerprint density at radius 3 is 2.15 bits per heavy atom. The summed E-state index contributed by atoms with van der Waals surface area (Å²) in [5.41, 5.74) is 0.488. The average molecular weight is 855 g/mol. The molecule has 2 N–H and O–H groups in total. The lowest BCUT2D eigenvalue weighted by atomic mass is 9.91. The molecule has 0 spiro atoms. The Morgan fingerprint density at radius 2 is 1.48 bits per heavy atom. The van der Waals surface area contributed by atoms with Gasteiger partial charge in [-0.3, -0.25) is 34.2 Å². The van der Waals surface area contributed by atoms with Crippen molar-refractivity contribution in [3.63, 3.8) is 0 Å². The van der Waals surface area contributed by atoms with Gasteiger partial charge in [0.15, 0.2) is 5.69 Å². The van der Waals surface area contributed by atoms with Gasteiger partial charge in [0.1, 0.15) is 17.6 Å². The molecule has 4 fully saturated rings. The van der Waals surface area contributed by atoms with Crippen LogP contribution in [0.15, 0.2) is 54.7 Å². The SMILES string of the molecule is [C-]#[N+]c1ccc(N2CCC(C(=O)Nc3ccc(OCCC4CCN(CC5CCN(c6ccc7c(c6)C(=O)N(C6CCC(=O)NC6=O)C7=O)CC5)CC4)cn3)CC2)cc1C(F)(F)F. The number of halogens is 3. The second-order valence-corrected chi connectivity index (χ2v) is 16.9. The van der Waals surface area contributed by atoms with E-state index in [0.29, 0.717) is 67.2 Å². The first kappa shape index (κ1) is 42.7. The van der Waals surface area contributed by atoms with E-state index in [0.717, 1.165) is 81.5 Å². The first-order valence-electron chi connectivity index (χ1n) is 21.4. The number of fused-ring (bicyclic) bond motifs is 1. The number of benzene rings is 2. The normalized spacial score (nSPS) is 20.9. The maximum atomic E-state index is 13.5. The van der Waals surface area contributed by atoms with Gasteiger partial charge in [0.2, 0.25) is 17.7 Å². The van der Waals surface area contributed by atoms with Crippen molar-refractivity contribution in [2.45, 2.75) is 70.0 Å². The number of carbonyl (C=O) groups is 5. The summed E-state index contributed by atoms with van der Waals surface area (Å²) in [5, 5.41) is 5.09. The number of anilines is 3. The number of likely N-dealkylation sites (tertiary alicyclic amines) is 1. The minimum Gasteiger partial charge on any atom is -0.492 e. The highest BCUT2D eigenvalue weighted by Gasteiger charge is 2.45. The van der Waals surface area contributed by atoms with E-state index in [2.05, 4.69) is 30.3 Å². The molecule has 0 aliphatic carbocycles. The van der Waals surface area contributed by atoms with Crippen LogP contribution in [0, 0.1) is 24.3 Å². The number of amides is 5. The number of hydrogen-bond donors (Lipinski definition) is 2. The largest absolute Gasteiger partial charge is 0.492 e. The van der Waals surface area contributed by atoms with E-state index < -0.39 is 47.1 Å². The van der Waals surface area contributed by atoms with Gasteiger partial charge >= 0.3 is 6.18 Å². The quantitative estimate of drug-likeness (QED) is 0.166. The molecule has 62 heavy (non-hydrogen) atoms. The van der Waals surface area contributed by atoms with Crippen molar-refractivity contribution in [1.29, 1.82) is 0 Å². The van der Waals surface area contributed by atoms with Crippen molar-refractivity contribution < 1.29 is 41.9 Å². The zero-order valence-corrected chi connectivity index (χ0v) is 34.3. The Morgan fingerprint density at radius 1 is 0.823 bits per heavy atom. The molecule has 5 aliphatic rings. The molecule has 5 aliphatic heterocycles. The van der Waals surface area contributed by atoms with Gasteiger partial charge in [-0.15, -0.1) is 0 Å². The van der Waals surface area contributed by atoms with E-state index in [9.17, 15) is 37.1 Å². The topological polar surface area (TPSA) is 149 Å². The number of carbonyl (C=O) groups excluding carboxylic acids is 5. The van der Waals surface area contributed by atoms with Crippen LogP contribution in [-0.4, -0.2) is 103 Å². The lowest BCUT2D eigenvalue weighted by molar-refractivity contribution is -0.137. The Hall–Kier alpha value is -6.02. The highest BCUT2D eigenvalue weighted by molar-refractivity contribution is 6.23. The second kappa shape index (κ2) is 18.1. The second-order valence-electron chi connectivity index (χ2n) is 16.9. The van der Waals surface area contributed by atoms with E-state index in [-0.39, 0.29) is 30.2 Å². The first-order valence-corrected chi connectivity index (χ1v) is 21.4. The van der Waals surface area contributed by atoms with E-state index in [1.807, 2.05) is 11.0 Å². The maximum Gasteiger partial charge on any atom is 0.407 e. The fourth-order valence-corrected chi connectivity index (χ4v) is 9.41. The van der Waals surface area contributed by atoms with Gasteiger partial charge in [0.25, 0.3) is 11.8 Å². The smallest absolute Gasteiger partial charge is 0.407 e. The van der Waals surface area contributed by atoms with E-state index in [1.165, 1.54) is 12.1 Å². The third kappa shape index (κ3) is 9.40. The average Bonchev–Trinajstić information content (AvgIpc) is 3.52. The summed E-state index contributed by atoms with van der Waals surface area (Å²) >= 11 is 0. The van der Waals surface area contributed by atoms with Gasteiger partial charge < -0.3 is 24.8 Å². The maximum absolute atomic E-state index is 13.5. The van der Waals surface area contributed by atoms with Gasteiger partial charge in [0, 0.05) is 56.4 Å². The number of ether oxygens (including phenoxy) is 1. The van der Waals surface area contributed by atoms with Crippen LogP contribution >= 0.6 is 0 Å². The Bertz CT molecular complexity index is 2240. The number of aromatic nitrogens is 1. The van der Waals surface area contributed by atoms with Gasteiger partial charge in [-0.1, -0.05) is 6.07 Å². The Kier molecular flexibility index (Phi) is 12.5. The van der Waals surface area contributed by atoms with Crippen LogP contribution in [0.1, 0.15) is 84.1 Å². The van der Waals surface area contributed by atoms with Crippen LogP contribution in [0.5, 0.6) is 5.75 Å². The lowest BCUT2D eigenvalue weighted by Gasteiger charge is -2.38. The summed E-state index contributed by atoms with van der Waals surface area (Å²) in [6, 6.07) is 11.6. The van der Waals surface area contributed by atoms with E-state index in [1.54, 1.807) is 30.5 Å². The third-order valence-electron chi connectivity index (χ3n) is 13.0. The van der Waals surface area contributed by atoms with Crippen LogP contribution in [0.25, 0.3) is 4.85 Å². The molecule has 0 bridgehead atoms. The molecule has 0 saturated carbocycles. The highest BCUT2D eigenvalue weighted by atomic mass is 19.4. The molecule has 5 amide bonds. The third-order valence-corrected chi connectivity index (χ3v) is 13.0. The number of hydrogen-bond acceptors (Lipinski definition) is 10. The summed E-state index contributed by atoms with van der Waals surface area (Å²) in [7, 11) is 0. The summed E-state index contributed by atoms with van der Waals surface area (Å²) in [5.74, 6) is -0.323. The molecule has 1 unspecified atom stereocenters. The fourth-order valence-electron chi connectivity index (χ4n) is 9.41. The van der Waals surface area contributed by atoms with Gasteiger partial charge in [0.05, 0.1) is 36.1 Å². The van der Waals surface area contributed by atoms with Crippen LogP contribution < -0.4 is 25.2 Å². The van der Waals surface area contributed by atoms with Gasteiger partial charge in [-0.05, 0) is 119 Å². The molecule has 14 nitrogen and oxygen atoms in total. The zero-order chi connectivity index (χ0) is 43.5. The van der Waals surface area contributed by atoms with E-state index in [4.69, 9.17) is 11.3 Å². The van der Waals surface area contributed by atoms with Crippen molar-refractivity contribution in [3.05, 3.63) is 82.8 Å². The molecular weight excluding hydrogens is 806 g/mol. The Labute approximate surface area is 357 Å². The molecule has 6 heterocycles. The van der Waals surface area contributed by atoms with Crippen LogP contribution in [0.3, 0.4) is 0 Å². The Balaban J connectivity index is 0.712. The minimum absolute atomic E-state index is 0.0842. The molecule has 2 aromatic carbocycles. The predicted octanol–water partition coefficient (Wildman–Crippen LogP) is 6.30.